The van der Waals surface area contributed by atoms with Crippen LogP contribution in [0.15, 0.2) is 42.6 Å². The van der Waals surface area contributed by atoms with Crippen LogP contribution in [0.25, 0.3) is 0 Å². The van der Waals surface area contributed by atoms with E-state index in [4.69, 9.17) is 14.7 Å². The number of nitrogens with one attached hydrogen (secondary N) is 1. The van der Waals surface area contributed by atoms with E-state index < -0.39 is 0 Å². The van der Waals surface area contributed by atoms with Crippen LogP contribution in [0.4, 0.5) is 34.6 Å². The molecule has 2 fully saturated rings. The molecule has 0 atom stereocenters. The van der Waals surface area contributed by atoms with E-state index in [0.717, 1.165) is 75.1 Å². The highest BCUT2D eigenvalue weighted by molar-refractivity contribution is 6.13. The van der Waals surface area contributed by atoms with E-state index in [2.05, 4.69) is 26.2 Å². The molecule has 10 heteroatoms. The summed E-state index contributed by atoms with van der Waals surface area (Å²) in [5, 5.41) is 3.31. The Balaban J connectivity index is 1.17. The summed E-state index contributed by atoms with van der Waals surface area (Å²) in [5.74, 6) is 2.06. The van der Waals surface area contributed by atoms with E-state index in [1.54, 1.807) is 11.9 Å². The molecular formula is C28H34N8O2. The third kappa shape index (κ3) is 4.54. The van der Waals surface area contributed by atoms with Gasteiger partial charge >= 0.3 is 0 Å². The highest BCUT2D eigenvalue weighted by Crippen LogP contribution is 2.40. The van der Waals surface area contributed by atoms with Gasteiger partial charge in [0.15, 0.2) is 5.82 Å². The number of aryl methyl sites for hydroxylation is 1. The Kier molecular flexibility index (Phi) is 6.59. The van der Waals surface area contributed by atoms with Gasteiger partial charge in [-0.15, -0.1) is 0 Å². The smallest absolute Gasteiger partial charge is 0.260 e. The fourth-order valence-corrected chi connectivity index (χ4v) is 5.76. The average Bonchev–Trinajstić information content (AvgIpc) is 3.04. The molecule has 2 saturated heterocycles. The van der Waals surface area contributed by atoms with Crippen molar-refractivity contribution in [2.75, 3.05) is 73.5 Å². The minimum Gasteiger partial charge on any atom is -0.379 e. The van der Waals surface area contributed by atoms with Crippen molar-refractivity contribution in [3.8, 4) is 0 Å². The number of pyridine rings is 1. The highest BCUT2D eigenvalue weighted by Gasteiger charge is 2.31. The van der Waals surface area contributed by atoms with Gasteiger partial charge < -0.3 is 24.8 Å². The van der Waals surface area contributed by atoms with E-state index in [1.807, 2.05) is 55.4 Å². The van der Waals surface area contributed by atoms with E-state index >= 15 is 0 Å². The molecule has 0 bridgehead atoms. The SMILES string of the molecule is Cc1nc(Nc2ccc(N3CCC(N4CCOCC4)CC3)nc2)nc2c1N(C)C(=O)c1ccccc1N2C. The zero-order valence-corrected chi connectivity index (χ0v) is 22.2. The molecule has 3 aromatic rings. The first-order chi connectivity index (χ1) is 18.5. The van der Waals surface area contributed by atoms with Crippen LogP contribution >= 0.6 is 0 Å². The molecule has 0 spiro atoms. The van der Waals surface area contributed by atoms with Crippen LogP contribution in [0, 0.1) is 6.92 Å². The lowest BCUT2D eigenvalue weighted by atomic mass is 10.0. The van der Waals surface area contributed by atoms with Crippen molar-refractivity contribution >= 4 is 40.6 Å². The van der Waals surface area contributed by atoms with Crippen LogP contribution in [-0.2, 0) is 4.74 Å². The second kappa shape index (κ2) is 10.2. The largest absolute Gasteiger partial charge is 0.379 e. The lowest BCUT2D eigenvalue weighted by Crippen LogP contribution is -2.49. The van der Waals surface area contributed by atoms with Crippen molar-refractivity contribution in [2.45, 2.75) is 25.8 Å². The van der Waals surface area contributed by atoms with Crippen molar-refractivity contribution in [1.29, 1.82) is 0 Å². The van der Waals surface area contributed by atoms with Gasteiger partial charge in [-0.2, -0.15) is 4.98 Å². The number of morpholine rings is 1. The molecule has 38 heavy (non-hydrogen) atoms. The number of hydrogen-bond acceptors (Lipinski definition) is 9. The van der Waals surface area contributed by atoms with Gasteiger partial charge in [-0.05, 0) is 44.0 Å². The van der Waals surface area contributed by atoms with Crippen molar-refractivity contribution < 1.29 is 9.53 Å². The molecule has 0 radical (unpaired) electrons. The predicted molar refractivity (Wildman–Crippen MR) is 149 cm³/mol. The van der Waals surface area contributed by atoms with Gasteiger partial charge in [0, 0.05) is 46.3 Å². The maximum atomic E-state index is 13.1. The summed E-state index contributed by atoms with van der Waals surface area (Å²) in [6.07, 6.45) is 4.14. The first-order valence-electron chi connectivity index (χ1n) is 13.3. The fourth-order valence-electron chi connectivity index (χ4n) is 5.76. The molecule has 3 aliphatic heterocycles. The summed E-state index contributed by atoms with van der Waals surface area (Å²) >= 11 is 0. The summed E-state index contributed by atoms with van der Waals surface area (Å²) in [7, 11) is 3.70. The molecule has 5 heterocycles. The Labute approximate surface area is 223 Å². The molecule has 1 N–H and O–H groups in total. The number of benzene rings is 1. The van der Waals surface area contributed by atoms with Crippen molar-refractivity contribution in [3.63, 3.8) is 0 Å². The summed E-state index contributed by atoms with van der Waals surface area (Å²) < 4.78 is 5.51. The molecular weight excluding hydrogens is 480 g/mol. The van der Waals surface area contributed by atoms with Gasteiger partial charge in [-0.3, -0.25) is 9.69 Å². The monoisotopic (exact) mass is 514 g/mol. The number of piperidine rings is 1. The van der Waals surface area contributed by atoms with Crippen molar-refractivity contribution in [3.05, 3.63) is 53.9 Å². The number of hydrogen-bond donors (Lipinski definition) is 1. The minimum absolute atomic E-state index is 0.0765. The van der Waals surface area contributed by atoms with Crippen LogP contribution in [0.1, 0.15) is 28.9 Å². The predicted octanol–water partition coefficient (Wildman–Crippen LogP) is 3.58. The Morgan fingerprint density at radius 1 is 0.947 bits per heavy atom. The van der Waals surface area contributed by atoms with Gasteiger partial charge in [0.1, 0.15) is 11.5 Å². The molecule has 2 aromatic heterocycles. The summed E-state index contributed by atoms with van der Waals surface area (Å²) in [4.78, 5) is 35.9. The lowest BCUT2D eigenvalue weighted by Gasteiger charge is -2.40. The third-order valence-corrected chi connectivity index (χ3v) is 7.85. The van der Waals surface area contributed by atoms with E-state index in [9.17, 15) is 4.79 Å². The number of carbonyl (C=O) groups excluding carboxylic acids is 1. The molecule has 3 aliphatic rings. The third-order valence-electron chi connectivity index (χ3n) is 7.85. The Morgan fingerprint density at radius 2 is 1.71 bits per heavy atom. The molecule has 0 aliphatic carbocycles. The Bertz CT molecular complexity index is 1320. The van der Waals surface area contributed by atoms with Crippen molar-refractivity contribution in [1.82, 2.24) is 19.9 Å². The van der Waals surface area contributed by atoms with Crippen LogP contribution in [0.3, 0.4) is 0 Å². The molecule has 198 valence electrons. The normalized spacial score (nSPS) is 18.7. The maximum absolute atomic E-state index is 13.1. The molecule has 0 saturated carbocycles. The number of amides is 1. The van der Waals surface area contributed by atoms with Gasteiger partial charge in [-0.25, -0.2) is 9.97 Å². The summed E-state index contributed by atoms with van der Waals surface area (Å²) in [6, 6.07) is 12.3. The van der Waals surface area contributed by atoms with Crippen LogP contribution in [0.2, 0.25) is 0 Å². The first kappa shape index (κ1) is 24.6. The van der Waals surface area contributed by atoms with Crippen LogP contribution < -0.4 is 20.0 Å². The second-order valence-electron chi connectivity index (χ2n) is 10.1. The lowest BCUT2D eigenvalue weighted by molar-refractivity contribution is 0.0115. The molecule has 10 nitrogen and oxygen atoms in total. The molecule has 1 amide bonds. The quantitative estimate of drug-likeness (QED) is 0.561. The molecule has 6 rings (SSSR count). The van der Waals surface area contributed by atoms with Gasteiger partial charge in [-0.1, -0.05) is 12.1 Å². The minimum atomic E-state index is -0.0765. The summed E-state index contributed by atoms with van der Waals surface area (Å²) in [6.45, 7) is 7.71. The standard InChI is InChI=1S/C28H34N8O2/c1-19-25-26(33(2)23-7-5-4-6-22(23)27(37)34(25)3)32-28(30-19)31-20-8-9-24(29-18-20)36-12-10-21(11-13-36)35-14-16-38-17-15-35/h4-9,18,21H,10-17H2,1-3H3,(H,30,31,32). The second-order valence-corrected chi connectivity index (χ2v) is 10.1. The Morgan fingerprint density at radius 3 is 2.45 bits per heavy atom. The average molecular weight is 515 g/mol. The van der Waals surface area contributed by atoms with E-state index in [0.29, 0.717) is 29.1 Å². The van der Waals surface area contributed by atoms with E-state index in [1.165, 1.54) is 0 Å². The van der Waals surface area contributed by atoms with Gasteiger partial charge in [0.2, 0.25) is 5.95 Å². The van der Waals surface area contributed by atoms with Crippen LogP contribution in [0.5, 0.6) is 0 Å². The number of ether oxygens (including phenoxy) is 1. The fraction of sp³-hybridized carbons (Fsp3) is 0.429. The number of fused-ring (bicyclic) bond motifs is 2. The van der Waals surface area contributed by atoms with Gasteiger partial charge in [0.05, 0.1) is 42.0 Å². The van der Waals surface area contributed by atoms with E-state index in [-0.39, 0.29) is 5.91 Å². The number of nitrogens with zero attached hydrogens (tertiary/aromatic N) is 7. The molecule has 1 aromatic carbocycles. The first-order valence-corrected chi connectivity index (χ1v) is 13.3. The maximum Gasteiger partial charge on any atom is 0.260 e. The highest BCUT2D eigenvalue weighted by atomic mass is 16.5. The number of aromatic nitrogens is 3. The van der Waals surface area contributed by atoms with Crippen molar-refractivity contribution in [2.24, 2.45) is 0 Å². The van der Waals surface area contributed by atoms with Crippen LogP contribution in [-0.4, -0.2) is 85.3 Å². The Hall–Kier alpha value is -3.76. The zero-order chi connectivity index (χ0) is 26.2. The zero-order valence-electron chi connectivity index (χ0n) is 22.2. The van der Waals surface area contributed by atoms with Gasteiger partial charge in [0.25, 0.3) is 5.91 Å². The summed E-state index contributed by atoms with van der Waals surface area (Å²) in [5.41, 5.74) is 3.69. The number of carbonyl (C=O) groups is 1. The number of para-hydroxylation sites is 1. The number of anilines is 6. The molecule has 0 unspecified atom stereocenters. The topological polar surface area (TPSA) is 90.0 Å². The number of rotatable bonds is 4.